The van der Waals surface area contributed by atoms with Gasteiger partial charge in [-0.1, -0.05) is 0 Å². The Morgan fingerprint density at radius 2 is 1.00 bits per heavy atom. The van der Waals surface area contributed by atoms with Crippen molar-refractivity contribution < 1.29 is 20.0 Å². The number of benzene rings is 3. The Bertz CT molecular complexity index is 900. The molecule has 0 atom stereocenters. The second kappa shape index (κ2) is 8.12. The van der Waals surface area contributed by atoms with Gasteiger partial charge >= 0.3 is 178 Å². The molecule has 0 unspecified atom stereocenters. The van der Waals surface area contributed by atoms with Crippen LogP contribution in [0.2, 0.25) is 17.3 Å². The van der Waals surface area contributed by atoms with Gasteiger partial charge < -0.3 is 0 Å². The van der Waals surface area contributed by atoms with Crippen LogP contribution in [0.5, 0.6) is 0 Å². The zero-order valence-electron chi connectivity index (χ0n) is 17.0. The first-order valence-electron chi connectivity index (χ1n) is 10.1. The molecule has 0 aromatic heterocycles. The fraction of sp³-hybridized carbons (Fsp3) is 0.154. The van der Waals surface area contributed by atoms with E-state index in [0.29, 0.717) is 0 Å². The minimum absolute atomic E-state index is 1.12. The van der Waals surface area contributed by atoms with Crippen LogP contribution in [0.3, 0.4) is 0 Å². The van der Waals surface area contributed by atoms with E-state index in [1.54, 1.807) is 17.7 Å². The van der Waals surface area contributed by atoms with Crippen molar-refractivity contribution in [3.05, 3.63) is 111 Å². The Morgan fingerprint density at radius 3 is 1.36 bits per heavy atom. The summed E-state index contributed by atoms with van der Waals surface area (Å²) in [4.78, 5) is 0. The molecule has 1 aliphatic rings. The van der Waals surface area contributed by atoms with Crippen molar-refractivity contribution in [3.8, 4) is 0 Å². The zero-order valence-corrected chi connectivity index (χ0v) is 22.7. The molecule has 0 fully saturated rings. The van der Waals surface area contributed by atoms with E-state index >= 15 is 0 Å². The van der Waals surface area contributed by atoms with Crippen LogP contribution in [0, 0.1) is 0 Å². The second-order valence-corrected chi connectivity index (χ2v) is 32.9. The van der Waals surface area contributed by atoms with Gasteiger partial charge in [0.2, 0.25) is 0 Å². The van der Waals surface area contributed by atoms with E-state index in [4.69, 9.17) is 0 Å². The molecule has 3 aromatic carbocycles. The van der Waals surface area contributed by atoms with E-state index in [1.807, 2.05) is 0 Å². The van der Waals surface area contributed by atoms with E-state index in [2.05, 4.69) is 120 Å². The summed E-state index contributed by atoms with van der Waals surface area (Å²) in [5, 5.41) is 0. The van der Waals surface area contributed by atoms with Crippen molar-refractivity contribution in [2.24, 2.45) is 0 Å². The van der Waals surface area contributed by atoms with Crippen molar-refractivity contribution >= 4 is 23.2 Å². The Hall–Kier alpha value is -1.45. The molecule has 1 aliphatic carbocycles. The molecule has 0 amide bonds. The zero-order chi connectivity index (χ0) is 19.6. The first-order chi connectivity index (χ1) is 13.5. The fourth-order valence-corrected chi connectivity index (χ4v) is 36.4. The predicted octanol–water partition coefficient (Wildman–Crippen LogP) is 5.21. The predicted molar refractivity (Wildman–Crippen MR) is 122 cm³/mol. The van der Waals surface area contributed by atoms with Gasteiger partial charge in [-0.25, -0.2) is 0 Å². The molecule has 3 aromatic rings. The topological polar surface area (TPSA) is 0 Å². The summed E-state index contributed by atoms with van der Waals surface area (Å²) in [5.41, 5.74) is 0. The van der Waals surface area contributed by atoms with Crippen molar-refractivity contribution in [2.45, 2.75) is 23.7 Å². The molecule has 0 N–H and O–H groups in total. The number of allylic oxidation sites excluding steroid dienone is 4. The third-order valence-corrected chi connectivity index (χ3v) is 30.0. The number of hydrogen-bond acceptors (Lipinski definition) is 0. The molecule has 0 aliphatic heterocycles. The molecule has 4 rings (SSSR count). The molecule has 0 nitrogen and oxygen atoms in total. The van der Waals surface area contributed by atoms with Crippen LogP contribution in [-0.4, -0.2) is 13.3 Å². The molecular weight excluding hydrogens is 563 g/mol. The Labute approximate surface area is 176 Å². The van der Waals surface area contributed by atoms with E-state index < -0.39 is 33.2 Å². The first kappa shape index (κ1) is 19.9. The molecule has 0 heterocycles. The van der Waals surface area contributed by atoms with Crippen molar-refractivity contribution in [1.82, 2.24) is 0 Å². The van der Waals surface area contributed by atoms with Gasteiger partial charge in [-0.15, -0.1) is 0 Å². The summed E-state index contributed by atoms with van der Waals surface area (Å²) in [5.74, 6) is 7.64. The Balaban J connectivity index is 2.15. The average Bonchev–Trinajstić information content (AvgIpc) is 3.22. The SMILES string of the molecule is [CH3][Ge]([CH3])([CH3])[C]1=[C]([Hf]([c]2ccccc2)([c]2ccccc2)[c]2ccccc2)CC=C1. The van der Waals surface area contributed by atoms with Crippen LogP contribution in [-0.2, 0) is 20.0 Å². The number of hydrogen-bond donors (Lipinski definition) is 0. The Morgan fingerprint density at radius 1 is 0.607 bits per heavy atom. The van der Waals surface area contributed by atoms with Gasteiger partial charge in [-0.3, -0.25) is 0 Å². The van der Waals surface area contributed by atoms with Crippen LogP contribution in [0.1, 0.15) is 6.42 Å². The summed E-state index contributed by atoms with van der Waals surface area (Å²) in [7, 11) is 0. The summed E-state index contributed by atoms with van der Waals surface area (Å²) >= 11 is -5.53. The van der Waals surface area contributed by atoms with Crippen LogP contribution < -0.4 is 9.96 Å². The van der Waals surface area contributed by atoms with Crippen molar-refractivity contribution in [1.29, 1.82) is 0 Å². The standard InChI is InChI=1S/C8H13Ge.3C6H5.Hf/c1-9(2,3)8-6-4-5-7-8;3*1-2-4-6-5-3-1;/h4,6H,5H2,1-3H3;3*1-5H;. The first-order valence-corrected chi connectivity index (χ1v) is 24.6. The summed E-state index contributed by atoms with van der Waals surface area (Å²) in [6.45, 7) is 0. The van der Waals surface area contributed by atoms with Crippen LogP contribution in [0.25, 0.3) is 0 Å². The average molecular weight is 592 g/mol. The van der Waals surface area contributed by atoms with Crippen molar-refractivity contribution in [2.75, 3.05) is 0 Å². The monoisotopic (exact) mass is 594 g/mol. The molecule has 2 heteroatoms. The maximum atomic E-state index is 2.55. The molecule has 0 saturated heterocycles. The second-order valence-electron chi connectivity index (χ2n) is 8.60. The molecule has 140 valence electrons. The van der Waals surface area contributed by atoms with Gasteiger partial charge in [0, 0.05) is 0 Å². The third-order valence-electron chi connectivity index (χ3n) is 5.81. The normalized spacial score (nSPS) is 14.5. The van der Waals surface area contributed by atoms with Gasteiger partial charge in [0.1, 0.15) is 0 Å². The molecule has 0 saturated carbocycles. The Kier molecular flexibility index (Phi) is 5.76. The number of rotatable bonds is 5. The van der Waals surface area contributed by atoms with Gasteiger partial charge in [-0.2, -0.15) is 0 Å². The van der Waals surface area contributed by atoms with Crippen LogP contribution in [0.4, 0.5) is 0 Å². The maximum absolute atomic E-state index is 3.53. The van der Waals surface area contributed by atoms with Crippen molar-refractivity contribution in [3.63, 3.8) is 0 Å². The summed E-state index contributed by atoms with van der Waals surface area (Å²) < 4.78 is 8.27. The van der Waals surface area contributed by atoms with Gasteiger partial charge in [0.25, 0.3) is 0 Å². The molecule has 0 spiro atoms. The van der Waals surface area contributed by atoms with Crippen LogP contribution in [0.15, 0.2) is 111 Å². The van der Waals surface area contributed by atoms with E-state index in [9.17, 15) is 0 Å². The van der Waals surface area contributed by atoms with Gasteiger partial charge in [0.15, 0.2) is 0 Å². The van der Waals surface area contributed by atoms with Gasteiger partial charge in [-0.05, 0) is 0 Å². The summed E-state index contributed by atoms with van der Waals surface area (Å²) in [6.07, 6.45) is 6.04. The fourth-order valence-electron chi connectivity index (χ4n) is 4.65. The molecule has 28 heavy (non-hydrogen) atoms. The molecule has 0 radical (unpaired) electrons. The van der Waals surface area contributed by atoms with E-state index in [1.165, 1.54) is 0 Å². The van der Waals surface area contributed by atoms with E-state index in [0.717, 1.165) is 6.42 Å². The summed E-state index contributed by atoms with van der Waals surface area (Å²) in [6, 6.07) is 34.3. The third kappa shape index (κ3) is 3.48. The van der Waals surface area contributed by atoms with E-state index in [-0.39, 0.29) is 0 Å². The quantitative estimate of drug-likeness (QED) is 0.358. The van der Waals surface area contributed by atoms with Crippen LogP contribution >= 0.6 is 0 Å². The molecule has 0 bridgehead atoms. The van der Waals surface area contributed by atoms with Gasteiger partial charge in [0.05, 0.1) is 0 Å². The molecular formula is C26H28GeHf. The minimum atomic E-state index is -3.53.